The first-order valence-corrected chi connectivity index (χ1v) is 9.52. The number of aryl methyl sites for hydroxylation is 2. The summed E-state index contributed by atoms with van der Waals surface area (Å²) in [5, 5.41) is 3.08. The van der Waals surface area contributed by atoms with Gasteiger partial charge >= 0.3 is 0 Å². The van der Waals surface area contributed by atoms with E-state index in [4.69, 9.17) is 9.47 Å². The van der Waals surface area contributed by atoms with E-state index in [2.05, 4.69) is 44.3 Å². The Balaban J connectivity index is 2.04. The lowest BCUT2D eigenvalue weighted by Gasteiger charge is -2.20. The van der Waals surface area contributed by atoms with Gasteiger partial charge in [0.2, 0.25) is 0 Å². The van der Waals surface area contributed by atoms with Gasteiger partial charge < -0.3 is 14.8 Å². The van der Waals surface area contributed by atoms with Crippen LogP contribution < -0.4 is 14.8 Å². The Morgan fingerprint density at radius 2 is 1.81 bits per heavy atom. The van der Waals surface area contributed by atoms with E-state index >= 15 is 0 Å². The smallest absolute Gasteiger partial charge is 0.258 e. The number of ether oxygens (including phenoxy) is 2. The van der Waals surface area contributed by atoms with E-state index in [0.29, 0.717) is 5.92 Å². The summed E-state index contributed by atoms with van der Waals surface area (Å²) in [6, 6.07) is 12.1. The molecule has 1 atom stereocenters. The van der Waals surface area contributed by atoms with Crippen molar-refractivity contribution in [1.29, 1.82) is 0 Å². The van der Waals surface area contributed by atoms with Crippen LogP contribution in [0.25, 0.3) is 0 Å². The highest BCUT2D eigenvalue weighted by Crippen LogP contribution is 2.28. The van der Waals surface area contributed by atoms with Gasteiger partial charge in [-0.3, -0.25) is 4.79 Å². The van der Waals surface area contributed by atoms with Crippen LogP contribution in [0.4, 0.5) is 0 Å². The molecule has 2 aromatic carbocycles. The Bertz CT molecular complexity index is 783. The molecule has 0 aliphatic heterocycles. The first-order valence-electron chi connectivity index (χ1n) is 9.52. The van der Waals surface area contributed by atoms with E-state index in [1.165, 1.54) is 0 Å². The van der Waals surface area contributed by atoms with Crippen LogP contribution in [-0.2, 0) is 4.79 Å². The second kappa shape index (κ2) is 9.45. The fourth-order valence-corrected chi connectivity index (χ4v) is 3.16. The van der Waals surface area contributed by atoms with Crippen LogP contribution in [0, 0.1) is 13.8 Å². The maximum absolute atomic E-state index is 12.5. The number of hydrogen-bond acceptors (Lipinski definition) is 3. The minimum absolute atomic E-state index is 0.00874. The summed E-state index contributed by atoms with van der Waals surface area (Å²) < 4.78 is 11.2. The van der Waals surface area contributed by atoms with Crippen molar-refractivity contribution in [2.24, 2.45) is 0 Å². The lowest BCUT2D eigenvalue weighted by molar-refractivity contribution is -0.123. The molecule has 0 aliphatic rings. The average Bonchev–Trinajstić information content (AvgIpc) is 2.64. The summed E-state index contributed by atoms with van der Waals surface area (Å²) in [6.45, 7) is 10.3. The summed E-state index contributed by atoms with van der Waals surface area (Å²) >= 11 is 0. The molecular formula is C23H31NO3. The zero-order valence-corrected chi connectivity index (χ0v) is 17.3. The number of carbonyl (C=O) groups excluding carboxylic acids is 1. The van der Waals surface area contributed by atoms with Crippen LogP contribution in [-0.4, -0.2) is 19.6 Å². The number of nitrogens with one attached hydrogen (secondary N) is 1. The predicted octanol–water partition coefficient (Wildman–Crippen LogP) is 5.08. The van der Waals surface area contributed by atoms with Crippen molar-refractivity contribution in [3.05, 3.63) is 58.7 Å². The van der Waals surface area contributed by atoms with Gasteiger partial charge in [-0.25, -0.2) is 0 Å². The van der Waals surface area contributed by atoms with Gasteiger partial charge in [0.25, 0.3) is 5.91 Å². The highest BCUT2D eigenvalue weighted by molar-refractivity contribution is 5.78. The van der Waals surface area contributed by atoms with Crippen LogP contribution in [0.1, 0.15) is 61.4 Å². The zero-order valence-electron chi connectivity index (χ0n) is 17.3. The van der Waals surface area contributed by atoms with Crippen LogP contribution >= 0.6 is 0 Å². The molecule has 2 rings (SSSR count). The highest BCUT2D eigenvalue weighted by atomic mass is 16.5. The second-order valence-corrected chi connectivity index (χ2v) is 7.24. The number of hydrogen-bond donors (Lipinski definition) is 1. The molecule has 27 heavy (non-hydrogen) atoms. The van der Waals surface area contributed by atoms with Gasteiger partial charge in [0, 0.05) is 0 Å². The third kappa shape index (κ3) is 5.49. The predicted molar refractivity (Wildman–Crippen MR) is 110 cm³/mol. The van der Waals surface area contributed by atoms with Crippen molar-refractivity contribution in [2.75, 3.05) is 13.7 Å². The fraction of sp³-hybridized carbons (Fsp3) is 0.435. The summed E-state index contributed by atoms with van der Waals surface area (Å²) in [5.74, 6) is 1.86. The molecule has 1 amide bonds. The average molecular weight is 370 g/mol. The van der Waals surface area contributed by atoms with Crippen molar-refractivity contribution in [2.45, 2.75) is 53.0 Å². The molecule has 1 N–H and O–H groups in total. The molecule has 0 aromatic heterocycles. The van der Waals surface area contributed by atoms with Crippen LogP contribution in [0.2, 0.25) is 0 Å². The summed E-state index contributed by atoms with van der Waals surface area (Å²) in [7, 11) is 1.66. The zero-order chi connectivity index (χ0) is 20.0. The first-order chi connectivity index (χ1) is 12.8. The summed E-state index contributed by atoms with van der Waals surface area (Å²) in [5.41, 5.74) is 4.36. The molecule has 0 heterocycles. The molecule has 4 nitrogen and oxygen atoms in total. The molecule has 0 radical (unpaired) electrons. The van der Waals surface area contributed by atoms with E-state index in [0.717, 1.165) is 40.2 Å². The van der Waals surface area contributed by atoms with Crippen LogP contribution in [0.3, 0.4) is 0 Å². The van der Waals surface area contributed by atoms with Crippen molar-refractivity contribution in [3.63, 3.8) is 0 Å². The number of amides is 1. The number of rotatable bonds is 8. The quantitative estimate of drug-likeness (QED) is 0.706. The largest absolute Gasteiger partial charge is 0.496 e. The molecule has 1 unspecified atom stereocenters. The molecule has 146 valence electrons. The lowest BCUT2D eigenvalue weighted by Crippen LogP contribution is -2.32. The molecule has 0 bridgehead atoms. The molecule has 0 fully saturated rings. The summed E-state index contributed by atoms with van der Waals surface area (Å²) in [6.07, 6.45) is 0.805. The Hall–Kier alpha value is -2.49. The second-order valence-electron chi connectivity index (χ2n) is 7.24. The topological polar surface area (TPSA) is 47.6 Å². The molecule has 0 saturated heterocycles. The van der Waals surface area contributed by atoms with E-state index in [-0.39, 0.29) is 18.6 Å². The van der Waals surface area contributed by atoms with Gasteiger partial charge in [0.05, 0.1) is 13.2 Å². The molecule has 0 spiro atoms. The Morgan fingerprint density at radius 1 is 1.07 bits per heavy atom. The monoisotopic (exact) mass is 369 g/mol. The Morgan fingerprint density at radius 3 is 2.41 bits per heavy atom. The molecule has 4 heteroatoms. The minimum atomic E-state index is -0.119. The van der Waals surface area contributed by atoms with Crippen molar-refractivity contribution in [1.82, 2.24) is 5.32 Å². The Kier molecular flexibility index (Phi) is 7.28. The SMILES string of the molecule is CCC(NC(=O)COc1cc(C)ccc1C(C)C)c1ccc(OC)c(C)c1. The van der Waals surface area contributed by atoms with Crippen molar-refractivity contribution in [3.8, 4) is 11.5 Å². The van der Waals surface area contributed by atoms with E-state index < -0.39 is 0 Å². The minimum Gasteiger partial charge on any atom is -0.496 e. The van der Waals surface area contributed by atoms with Crippen LogP contribution in [0.15, 0.2) is 36.4 Å². The Labute approximate surface area is 162 Å². The van der Waals surface area contributed by atoms with E-state index in [9.17, 15) is 4.79 Å². The lowest BCUT2D eigenvalue weighted by atomic mass is 10.0. The third-order valence-corrected chi connectivity index (χ3v) is 4.71. The summed E-state index contributed by atoms with van der Waals surface area (Å²) in [4.78, 5) is 12.5. The normalized spacial score (nSPS) is 12.0. The molecule has 0 aliphatic carbocycles. The third-order valence-electron chi connectivity index (χ3n) is 4.71. The fourth-order valence-electron chi connectivity index (χ4n) is 3.16. The molecule has 2 aromatic rings. The van der Waals surface area contributed by atoms with Crippen molar-refractivity contribution >= 4 is 5.91 Å². The maximum Gasteiger partial charge on any atom is 0.258 e. The van der Waals surface area contributed by atoms with Gasteiger partial charge in [0.1, 0.15) is 11.5 Å². The van der Waals surface area contributed by atoms with E-state index in [1.807, 2.05) is 32.0 Å². The standard InChI is InChI=1S/C23H31NO3/c1-7-20(18-9-11-21(26-6)17(5)13-18)24-23(25)14-27-22-12-16(4)8-10-19(22)15(2)3/h8-13,15,20H,7,14H2,1-6H3,(H,24,25). The first kappa shape index (κ1) is 20.8. The highest BCUT2D eigenvalue weighted by Gasteiger charge is 2.15. The molecule has 0 saturated carbocycles. The van der Waals surface area contributed by atoms with Gasteiger partial charge in [-0.2, -0.15) is 0 Å². The van der Waals surface area contributed by atoms with Gasteiger partial charge in [-0.15, -0.1) is 0 Å². The maximum atomic E-state index is 12.5. The number of carbonyl (C=O) groups is 1. The van der Waals surface area contributed by atoms with Gasteiger partial charge in [-0.1, -0.05) is 45.0 Å². The van der Waals surface area contributed by atoms with Gasteiger partial charge in [-0.05, 0) is 60.6 Å². The van der Waals surface area contributed by atoms with E-state index in [1.54, 1.807) is 7.11 Å². The number of methoxy groups -OCH3 is 1. The van der Waals surface area contributed by atoms with Gasteiger partial charge in [0.15, 0.2) is 6.61 Å². The van der Waals surface area contributed by atoms with Crippen molar-refractivity contribution < 1.29 is 14.3 Å². The number of benzene rings is 2. The molecular weight excluding hydrogens is 338 g/mol. The van der Waals surface area contributed by atoms with Crippen LogP contribution in [0.5, 0.6) is 11.5 Å².